The molecule has 27 heavy (non-hydrogen) atoms. The standard InChI is InChI=1S/C18H17FN4O3S/c1-22(2)23(3)18(25)16-9-13-17(27-16)15(6-7-20-13)26-14-5-4-11(21-10-24)8-12(14)19/h4-10H,1-3H3,(H,21,24). The number of fused-ring (bicyclic) bond motifs is 1. The van der Waals surface area contributed by atoms with Crippen LogP contribution in [0.2, 0.25) is 0 Å². The van der Waals surface area contributed by atoms with Gasteiger partial charge in [0.05, 0.1) is 15.1 Å². The fourth-order valence-electron chi connectivity index (χ4n) is 2.30. The van der Waals surface area contributed by atoms with E-state index in [-0.39, 0.29) is 11.7 Å². The zero-order valence-corrected chi connectivity index (χ0v) is 15.7. The van der Waals surface area contributed by atoms with Gasteiger partial charge in [0.2, 0.25) is 6.41 Å². The Morgan fingerprint density at radius 3 is 2.67 bits per heavy atom. The molecule has 2 heterocycles. The van der Waals surface area contributed by atoms with Crippen LogP contribution in [-0.2, 0) is 4.79 Å². The largest absolute Gasteiger partial charge is 0.453 e. The number of aromatic nitrogens is 1. The topological polar surface area (TPSA) is 74.8 Å². The Kier molecular flexibility index (Phi) is 5.33. The fourth-order valence-corrected chi connectivity index (χ4v) is 3.34. The lowest BCUT2D eigenvalue weighted by Gasteiger charge is -2.23. The number of nitrogens with one attached hydrogen (secondary N) is 1. The summed E-state index contributed by atoms with van der Waals surface area (Å²) in [5.74, 6) is -0.395. The van der Waals surface area contributed by atoms with Crippen LogP contribution in [0.4, 0.5) is 10.1 Å². The minimum absolute atomic E-state index is 0.00522. The molecule has 0 aliphatic heterocycles. The van der Waals surface area contributed by atoms with Crippen molar-refractivity contribution in [2.75, 3.05) is 26.5 Å². The number of carbonyl (C=O) groups excluding carboxylic acids is 2. The summed E-state index contributed by atoms with van der Waals surface area (Å²) >= 11 is 1.23. The molecule has 0 saturated heterocycles. The number of hydrazine groups is 1. The number of hydrogen-bond acceptors (Lipinski definition) is 6. The molecule has 3 rings (SSSR count). The number of rotatable bonds is 6. The van der Waals surface area contributed by atoms with Crippen molar-refractivity contribution in [3.63, 3.8) is 0 Å². The van der Waals surface area contributed by atoms with E-state index in [1.165, 1.54) is 34.7 Å². The third-order valence-electron chi connectivity index (χ3n) is 3.86. The molecule has 0 unspecified atom stereocenters. The van der Waals surface area contributed by atoms with E-state index in [0.717, 1.165) is 6.07 Å². The molecule has 0 aliphatic carbocycles. The van der Waals surface area contributed by atoms with Crippen LogP contribution in [0, 0.1) is 5.82 Å². The van der Waals surface area contributed by atoms with Gasteiger partial charge in [0.1, 0.15) is 5.75 Å². The van der Waals surface area contributed by atoms with Crippen molar-refractivity contribution in [3.8, 4) is 11.5 Å². The number of benzene rings is 1. The Morgan fingerprint density at radius 1 is 1.22 bits per heavy atom. The molecular formula is C18H17FN4O3S. The second-order valence-electron chi connectivity index (χ2n) is 5.82. The smallest absolute Gasteiger partial charge is 0.278 e. The zero-order chi connectivity index (χ0) is 19.6. The van der Waals surface area contributed by atoms with Gasteiger partial charge in [-0.25, -0.2) is 9.40 Å². The van der Waals surface area contributed by atoms with E-state index in [0.29, 0.717) is 32.9 Å². The maximum absolute atomic E-state index is 14.2. The van der Waals surface area contributed by atoms with Crippen molar-refractivity contribution in [1.82, 2.24) is 15.0 Å². The number of thiophene rings is 1. The SMILES string of the molecule is CN(C)N(C)C(=O)c1cc2nccc(Oc3ccc(NC=O)cc3F)c2s1. The van der Waals surface area contributed by atoms with Crippen LogP contribution in [0.1, 0.15) is 9.67 Å². The van der Waals surface area contributed by atoms with Crippen LogP contribution in [0.3, 0.4) is 0 Å². The third kappa shape index (κ3) is 3.88. The van der Waals surface area contributed by atoms with Gasteiger partial charge in [-0.15, -0.1) is 11.3 Å². The average molecular weight is 388 g/mol. The molecule has 1 N–H and O–H groups in total. The minimum Gasteiger partial charge on any atom is -0.453 e. The van der Waals surface area contributed by atoms with Gasteiger partial charge in [-0.3, -0.25) is 19.6 Å². The van der Waals surface area contributed by atoms with Crippen LogP contribution in [0.5, 0.6) is 11.5 Å². The van der Waals surface area contributed by atoms with Crippen molar-refractivity contribution in [2.45, 2.75) is 0 Å². The number of carbonyl (C=O) groups is 2. The summed E-state index contributed by atoms with van der Waals surface area (Å²) in [4.78, 5) is 27.7. The summed E-state index contributed by atoms with van der Waals surface area (Å²) in [6.45, 7) is 0. The Bertz CT molecular complexity index is 1010. The molecule has 1 aromatic carbocycles. The number of hydrogen-bond donors (Lipinski definition) is 1. The first kappa shape index (κ1) is 18.7. The highest BCUT2D eigenvalue weighted by Crippen LogP contribution is 2.36. The van der Waals surface area contributed by atoms with Crippen molar-refractivity contribution in [2.24, 2.45) is 0 Å². The molecule has 9 heteroatoms. The minimum atomic E-state index is -0.619. The Morgan fingerprint density at radius 2 is 2.00 bits per heavy atom. The molecule has 0 saturated carbocycles. The highest BCUT2D eigenvalue weighted by atomic mass is 32.1. The molecule has 0 aliphatic rings. The highest BCUT2D eigenvalue weighted by Gasteiger charge is 2.19. The first-order valence-corrected chi connectivity index (χ1v) is 8.73. The van der Waals surface area contributed by atoms with Gasteiger partial charge < -0.3 is 10.1 Å². The summed E-state index contributed by atoms with van der Waals surface area (Å²) < 4.78 is 20.6. The van der Waals surface area contributed by atoms with Gasteiger partial charge in [-0.1, -0.05) is 0 Å². The van der Waals surface area contributed by atoms with Gasteiger partial charge in [0, 0.05) is 45.2 Å². The third-order valence-corrected chi connectivity index (χ3v) is 4.98. The van der Waals surface area contributed by atoms with E-state index in [1.807, 2.05) is 0 Å². The fraction of sp³-hybridized carbons (Fsp3) is 0.167. The maximum atomic E-state index is 14.2. The number of nitrogens with zero attached hydrogens (tertiary/aromatic N) is 3. The number of ether oxygens (including phenoxy) is 1. The molecule has 2 aromatic heterocycles. The Hall–Kier alpha value is -3.04. The zero-order valence-electron chi connectivity index (χ0n) is 14.9. The lowest BCUT2D eigenvalue weighted by atomic mass is 10.3. The molecule has 0 atom stereocenters. The van der Waals surface area contributed by atoms with Crippen LogP contribution >= 0.6 is 11.3 Å². The molecule has 0 spiro atoms. The van der Waals surface area contributed by atoms with Crippen LogP contribution in [0.25, 0.3) is 10.2 Å². The molecule has 0 fully saturated rings. The van der Waals surface area contributed by atoms with Crippen molar-refractivity contribution in [3.05, 3.63) is 47.2 Å². The second-order valence-corrected chi connectivity index (χ2v) is 6.87. The van der Waals surface area contributed by atoms with Crippen molar-refractivity contribution in [1.29, 1.82) is 0 Å². The first-order valence-electron chi connectivity index (χ1n) is 7.92. The molecule has 0 radical (unpaired) electrons. The van der Waals surface area contributed by atoms with Crippen LogP contribution in [-0.4, -0.2) is 48.5 Å². The lowest BCUT2D eigenvalue weighted by Crippen LogP contribution is -2.38. The summed E-state index contributed by atoms with van der Waals surface area (Å²) in [5.41, 5.74) is 0.915. The van der Waals surface area contributed by atoms with E-state index in [4.69, 9.17) is 4.74 Å². The Labute approximate surface area is 158 Å². The summed E-state index contributed by atoms with van der Waals surface area (Å²) in [6, 6.07) is 7.41. The van der Waals surface area contributed by atoms with Gasteiger partial charge in [-0.05, 0) is 18.2 Å². The molecule has 0 bridgehead atoms. The lowest BCUT2D eigenvalue weighted by molar-refractivity contribution is -0.105. The highest BCUT2D eigenvalue weighted by molar-refractivity contribution is 7.21. The molecule has 2 amide bonds. The second kappa shape index (κ2) is 7.68. The molecule has 7 nitrogen and oxygen atoms in total. The summed E-state index contributed by atoms with van der Waals surface area (Å²) in [5, 5.41) is 5.52. The van der Waals surface area contributed by atoms with Crippen molar-refractivity contribution >= 4 is 39.6 Å². The summed E-state index contributed by atoms with van der Waals surface area (Å²) in [7, 11) is 5.20. The van der Waals surface area contributed by atoms with Gasteiger partial charge in [0.25, 0.3) is 5.91 Å². The van der Waals surface area contributed by atoms with Gasteiger partial charge in [0.15, 0.2) is 11.6 Å². The quantitative estimate of drug-likeness (QED) is 0.518. The summed E-state index contributed by atoms with van der Waals surface area (Å²) in [6.07, 6.45) is 2.01. The van der Waals surface area contributed by atoms with Gasteiger partial charge in [-0.2, -0.15) is 0 Å². The van der Waals surface area contributed by atoms with Crippen LogP contribution < -0.4 is 10.1 Å². The number of amides is 2. The van der Waals surface area contributed by atoms with Crippen LogP contribution in [0.15, 0.2) is 36.5 Å². The first-order chi connectivity index (χ1) is 12.9. The molecule has 140 valence electrons. The van der Waals surface area contributed by atoms with E-state index in [9.17, 15) is 14.0 Å². The van der Waals surface area contributed by atoms with E-state index in [2.05, 4.69) is 10.3 Å². The van der Waals surface area contributed by atoms with E-state index < -0.39 is 5.82 Å². The number of anilines is 1. The molecular weight excluding hydrogens is 371 g/mol. The molecule has 3 aromatic rings. The van der Waals surface area contributed by atoms with E-state index in [1.54, 1.807) is 38.3 Å². The normalized spacial score (nSPS) is 10.9. The van der Waals surface area contributed by atoms with Crippen molar-refractivity contribution < 1.29 is 18.7 Å². The Balaban J connectivity index is 1.94. The monoisotopic (exact) mass is 388 g/mol. The number of halogens is 1. The van der Waals surface area contributed by atoms with Gasteiger partial charge >= 0.3 is 0 Å². The van der Waals surface area contributed by atoms with E-state index >= 15 is 0 Å². The predicted octanol–water partition coefficient (Wildman–Crippen LogP) is 3.34. The number of pyridine rings is 1. The maximum Gasteiger partial charge on any atom is 0.278 e. The average Bonchev–Trinajstić information content (AvgIpc) is 3.08. The predicted molar refractivity (Wildman–Crippen MR) is 102 cm³/mol.